The van der Waals surface area contributed by atoms with E-state index in [0.29, 0.717) is 0 Å². The van der Waals surface area contributed by atoms with E-state index in [2.05, 4.69) is 61.7 Å². The number of hydrazine groups is 1. The zero-order chi connectivity index (χ0) is 13.7. The molecule has 0 heterocycles. The molecule has 0 aromatic heterocycles. The van der Waals surface area contributed by atoms with Crippen LogP contribution in [0.4, 0.5) is 0 Å². The Labute approximate surface area is 119 Å². The fraction of sp³-hybridized carbons (Fsp3) is 0.250. The van der Waals surface area contributed by atoms with Gasteiger partial charge in [0.05, 0.1) is 6.04 Å². The van der Waals surface area contributed by atoms with Gasteiger partial charge in [0.15, 0.2) is 0 Å². The molecule has 1 unspecified atom stereocenters. The van der Waals surface area contributed by atoms with Crippen LogP contribution in [-0.4, -0.2) is 5.75 Å². The van der Waals surface area contributed by atoms with Gasteiger partial charge in [0, 0.05) is 10.6 Å². The van der Waals surface area contributed by atoms with E-state index >= 15 is 0 Å². The fourth-order valence-corrected chi connectivity index (χ4v) is 3.15. The molecule has 19 heavy (non-hydrogen) atoms. The summed E-state index contributed by atoms with van der Waals surface area (Å²) in [6, 6.07) is 17.2. The lowest BCUT2D eigenvalue weighted by Gasteiger charge is -2.17. The number of thioether (sulfide) groups is 1. The van der Waals surface area contributed by atoms with Crippen LogP contribution in [0.25, 0.3) is 0 Å². The van der Waals surface area contributed by atoms with Gasteiger partial charge in [-0.25, -0.2) is 0 Å². The third-order valence-corrected chi connectivity index (χ3v) is 4.11. The van der Waals surface area contributed by atoms with E-state index in [9.17, 15) is 0 Å². The van der Waals surface area contributed by atoms with Gasteiger partial charge in [-0.15, -0.1) is 11.8 Å². The summed E-state index contributed by atoms with van der Waals surface area (Å²) in [5.74, 6) is 6.63. The number of benzene rings is 2. The Hall–Kier alpha value is -1.29. The van der Waals surface area contributed by atoms with E-state index in [1.54, 1.807) is 0 Å². The van der Waals surface area contributed by atoms with E-state index < -0.39 is 0 Å². The molecule has 0 spiro atoms. The predicted octanol–water partition coefficient (Wildman–Crippen LogP) is 3.60. The molecule has 2 aromatic rings. The van der Waals surface area contributed by atoms with E-state index in [0.717, 1.165) is 5.75 Å². The molecule has 0 saturated carbocycles. The molecule has 0 aliphatic carbocycles. The maximum atomic E-state index is 5.71. The van der Waals surface area contributed by atoms with Gasteiger partial charge < -0.3 is 0 Å². The Balaban J connectivity index is 2.07. The molecule has 0 aliphatic rings. The summed E-state index contributed by atoms with van der Waals surface area (Å²) in [6.07, 6.45) is 0. The minimum atomic E-state index is 0.170. The van der Waals surface area contributed by atoms with Crippen LogP contribution in [0.1, 0.15) is 22.7 Å². The van der Waals surface area contributed by atoms with Crippen LogP contribution in [0, 0.1) is 13.8 Å². The zero-order valence-electron chi connectivity index (χ0n) is 11.4. The molecule has 0 fully saturated rings. The molecule has 2 nitrogen and oxygen atoms in total. The molecule has 0 saturated heterocycles. The highest BCUT2D eigenvalue weighted by Gasteiger charge is 2.11. The van der Waals surface area contributed by atoms with Gasteiger partial charge in [-0.05, 0) is 31.5 Å². The maximum absolute atomic E-state index is 5.71. The average molecular weight is 272 g/mol. The molecular weight excluding hydrogens is 252 g/mol. The molecule has 0 radical (unpaired) electrons. The maximum Gasteiger partial charge on any atom is 0.0554 e. The summed E-state index contributed by atoms with van der Waals surface area (Å²) < 4.78 is 0. The molecule has 0 bridgehead atoms. The lowest BCUT2D eigenvalue weighted by atomic mass is 10.0. The van der Waals surface area contributed by atoms with E-state index in [4.69, 9.17) is 5.84 Å². The largest absolute Gasteiger partial charge is 0.271 e. The van der Waals surface area contributed by atoms with Gasteiger partial charge >= 0.3 is 0 Å². The third-order valence-electron chi connectivity index (χ3n) is 3.01. The Kier molecular flexibility index (Phi) is 5.02. The van der Waals surface area contributed by atoms with Crippen molar-refractivity contribution in [2.75, 3.05) is 5.75 Å². The second kappa shape index (κ2) is 6.75. The van der Waals surface area contributed by atoms with Crippen LogP contribution in [0.15, 0.2) is 53.4 Å². The quantitative estimate of drug-likeness (QED) is 0.496. The minimum Gasteiger partial charge on any atom is -0.271 e. The number of aryl methyl sites for hydroxylation is 2. The fourth-order valence-electron chi connectivity index (χ4n) is 2.15. The summed E-state index contributed by atoms with van der Waals surface area (Å²) in [5.41, 5.74) is 6.73. The van der Waals surface area contributed by atoms with Gasteiger partial charge in [0.25, 0.3) is 0 Å². The van der Waals surface area contributed by atoms with Crippen molar-refractivity contribution in [1.82, 2.24) is 5.43 Å². The molecule has 3 N–H and O–H groups in total. The van der Waals surface area contributed by atoms with Crippen LogP contribution < -0.4 is 11.3 Å². The first kappa shape index (κ1) is 14.1. The van der Waals surface area contributed by atoms with Crippen LogP contribution in [0.5, 0.6) is 0 Å². The molecule has 100 valence electrons. The summed E-state index contributed by atoms with van der Waals surface area (Å²) in [6.45, 7) is 4.24. The molecular formula is C16H20N2S. The molecule has 3 heteroatoms. The smallest absolute Gasteiger partial charge is 0.0554 e. The van der Waals surface area contributed by atoms with Crippen LogP contribution in [0.2, 0.25) is 0 Å². The van der Waals surface area contributed by atoms with E-state index in [-0.39, 0.29) is 6.04 Å². The Morgan fingerprint density at radius 3 is 2.26 bits per heavy atom. The van der Waals surface area contributed by atoms with Gasteiger partial charge in [0.2, 0.25) is 0 Å². The highest BCUT2D eigenvalue weighted by atomic mass is 32.2. The molecule has 0 aliphatic heterocycles. The number of nitrogens with one attached hydrogen (secondary N) is 1. The zero-order valence-corrected chi connectivity index (χ0v) is 12.2. The number of hydrogen-bond acceptors (Lipinski definition) is 3. The van der Waals surface area contributed by atoms with Gasteiger partial charge in [0.1, 0.15) is 0 Å². The van der Waals surface area contributed by atoms with Crippen molar-refractivity contribution >= 4 is 11.8 Å². The monoisotopic (exact) mass is 272 g/mol. The first-order chi connectivity index (χ1) is 9.19. The normalized spacial score (nSPS) is 12.4. The Bertz CT molecular complexity index is 505. The minimum absolute atomic E-state index is 0.170. The number of nitrogens with two attached hydrogens (primary N) is 1. The highest BCUT2D eigenvalue weighted by molar-refractivity contribution is 7.99. The Morgan fingerprint density at radius 1 is 1.05 bits per heavy atom. The standard InChI is InChI=1S/C16H20N2S/c1-12-8-13(2)10-14(9-12)16(18-17)11-19-15-6-4-3-5-7-15/h3-10,16,18H,11,17H2,1-2H3. The summed E-state index contributed by atoms with van der Waals surface area (Å²) in [4.78, 5) is 1.27. The van der Waals surface area contributed by atoms with Gasteiger partial charge in [-0.2, -0.15) is 0 Å². The van der Waals surface area contributed by atoms with Crippen LogP contribution >= 0.6 is 11.8 Å². The van der Waals surface area contributed by atoms with Crippen molar-refractivity contribution < 1.29 is 0 Å². The first-order valence-electron chi connectivity index (χ1n) is 6.41. The third kappa shape index (κ3) is 4.10. The van der Waals surface area contributed by atoms with Crippen molar-refractivity contribution in [2.45, 2.75) is 24.8 Å². The van der Waals surface area contributed by atoms with E-state index in [1.165, 1.54) is 21.6 Å². The molecule has 0 amide bonds. The van der Waals surface area contributed by atoms with Crippen molar-refractivity contribution in [3.8, 4) is 0 Å². The summed E-state index contributed by atoms with van der Waals surface area (Å²) in [5, 5.41) is 0. The number of rotatable bonds is 5. The predicted molar refractivity (Wildman–Crippen MR) is 83.1 cm³/mol. The lowest BCUT2D eigenvalue weighted by molar-refractivity contribution is 0.610. The van der Waals surface area contributed by atoms with Crippen molar-refractivity contribution in [3.63, 3.8) is 0 Å². The number of hydrogen-bond donors (Lipinski definition) is 2. The second-order valence-corrected chi connectivity index (χ2v) is 5.86. The van der Waals surface area contributed by atoms with Gasteiger partial charge in [-0.1, -0.05) is 47.5 Å². The van der Waals surface area contributed by atoms with Crippen LogP contribution in [-0.2, 0) is 0 Å². The van der Waals surface area contributed by atoms with Gasteiger partial charge in [-0.3, -0.25) is 11.3 Å². The lowest BCUT2D eigenvalue weighted by Crippen LogP contribution is -2.29. The van der Waals surface area contributed by atoms with Crippen LogP contribution in [0.3, 0.4) is 0 Å². The molecule has 1 atom stereocenters. The summed E-state index contributed by atoms with van der Waals surface area (Å²) >= 11 is 1.82. The molecule has 2 aromatic carbocycles. The van der Waals surface area contributed by atoms with Crippen molar-refractivity contribution in [1.29, 1.82) is 0 Å². The highest BCUT2D eigenvalue weighted by Crippen LogP contribution is 2.25. The summed E-state index contributed by atoms with van der Waals surface area (Å²) in [7, 11) is 0. The topological polar surface area (TPSA) is 38.0 Å². The average Bonchev–Trinajstić information content (AvgIpc) is 2.39. The van der Waals surface area contributed by atoms with Crippen molar-refractivity contribution in [3.05, 3.63) is 65.2 Å². The van der Waals surface area contributed by atoms with Crippen molar-refractivity contribution in [2.24, 2.45) is 5.84 Å². The van der Waals surface area contributed by atoms with E-state index in [1.807, 2.05) is 17.8 Å². The first-order valence-corrected chi connectivity index (χ1v) is 7.40. The second-order valence-electron chi connectivity index (χ2n) is 4.76. The SMILES string of the molecule is Cc1cc(C)cc(C(CSc2ccccc2)NN)c1. The Morgan fingerprint density at radius 2 is 1.68 bits per heavy atom. The molecule has 2 rings (SSSR count).